The van der Waals surface area contributed by atoms with E-state index in [1.807, 2.05) is 0 Å². The number of urea groups is 1. The predicted molar refractivity (Wildman–Crippen MR) is 56.6 cm³/mol. The third-order valence-corrected chi connectivity index (χ3v) is 2.33. The molecule has 0 aliphatic rings. The Kier molecular flexibility index (Phi) is 4.18. The van der Waals surface area contributed by atoms with Gasteiger partial charge in [-0.1, -0.05) is 0 Å². The standard InChI is InChI=1S/C5H9Cl4N3O2/c1-4(6,7)12(14,5(2,8)9)11-3(10)13/h1-2H3,(H3,10,11,13). The molecule has 84 valence electrons. The Labute approximate surface area is 101 Å². The third kappa shape index (κ3) is 2.92. The number of hydroxylamine groups is 2. The van der Waals surface area contributed by atoms with E-state index in [9.17, 15) is 10.0 Å². The van der Waals surface area contributed by atoms with Gasteiger partial charge in [0, 0.05) is 13.8 Å². The van der Waals surface area contributed by atoms with Crippen LogP contribution in [0.5, 0.6) is 0 Å². The van der Waals surface area contributed by atoms with Crippen LogP contribution >= 0.6 is 46.4 Å². The highest BCUT2D eigenvalue weighted by Crippen LogP contribution is 2.42. The summed E-state index contributed by atoms with van der Waals surface area (Å²) in [5, 5.41) is 12.0. The van der Waals surface area contributed by atoms with Crippen molar-refractivity contribution in [2.75, 3.05) is 0 Å². The highest BCUT2D eigenvalue weighted by atomic mass is 35.5. The molecule has 14 heavy (non-hydrogen) atoms. The molecule has 0 radical (unpaired) electrons. The van der Waals surface area contributed by atoms with E-state index in [4.69, 9.17) is 52.1 Å². The summed E-state index contributed by atoms with van der Waals surface area (Å²) >= 11 is 22.2. The lowest BCUT2D eigenvalue weighted by Crippen LogP contribution is -2.70. The number of carbonyl (C=O) groups excluding carboxylic acids is 1. The predicted octanol–water partition coefficient (Wildman–Crippen LogP) is 2.19. The number of primary amides is 1. The smallest absolute Gasteiger partial charge is 0.356 e. The molecule has 0 aliphatic carbocycles. The van der Waals surface area contributed by atoms with Crippen LogP contribution in [0.15, 0.2) is 0 Å². The second kappa shape index (κ2) is 4.08. The summed E-state index contributed by atoms with van der Waals surface area (Å²) in [4.78, 5) is 10.6. The Bertz CT molecular complexity index is 220. The molecule has 0 spiro atoms. The number of quaternary nitrogens is 1. The summed E-state index contributed by atoms with van der Waals surface area (Å²) < 4.78 is -5.75. The van der Waals surface area contributed by atoms with Crippen LogP contribution in [0.25, 0.3) is 0 Å². The Balaban J connectivity index is 5.18. The molecule has 0 aromatic heterocycles. The van der Waals surface area contributed by atoms with Crippen LogP contribution in [0.2, 0.25) is 0 Å². The molecule has 0 rings (SSSR count). The SMILES string of the molecule is CC(Cl)(Cl)[N+]([O-])(NC(N)=O)C(C)(Cl)Cl. The van der Waals surface area contributed by atoms with Crippen molar-refractivity contribution in [2.45, 2.75) is 22.8 Å². The fourth-order valence-corrected chi connectivity index (χ4v) is 1.71. The molecule has 0 aromatic carbocycles. The molecule has 0 saturated heterocycles. The van der Waals surface area contributed by atoms with Crippen LogP contribution < -0.4 is 11.2 Å². The molecule has 9 heteroatoms. The van der Waals surface area contributed by atoms with E-state index < -0.39 is 19.7 Å². The van der Waals surface area contributed by atoms with E-state index in [0.29, 0.717) is 0 Å². The van der Waals surface area contributed by atoms with Crippen molar-refractivity contribution in [3.63, 3.8) is 0 Å². The van der Waals surface area contributed by atoms with Crippen LogP contribution in [-0.2, 0) is 0 Å². The fourth-order valence-electron chi connectivity index (χ4n) is 0.696. The molecule has 0 unspecified atom stereocenters. The van der Waals surface area contributed by atoms with E-state index >= 15 is 0 Å². The summed E-state index contributed by atoms with van der Waals surface area (Å²) in [7, 11) is 0. The van der Waals surface area contributed by atoms with Crippen molar-refractivity contribution >= 4 is 52.4 Å². The van der Waals surface area contributed by atoms with Gasteiger partial charge in [-0.05, 0) is 46.4 Å². The molecular formula is C5H9Cl4N3O2. The maximum atomic E-state index is 12.0. The normalized spacial score (nSPS) is 13.9. The van der Waals surface area contributed by atoms with E-state index in [1.54, 1.807) is 5.43 Å². The van der Waals surface area contributed by atoms with Crippen LogP contribution in [0, 0.1) is 5.21 Å². The average molecular weight is 285 g/mol. The number of nitrogens with zero attached hydrogens (tertiary/aromatic N) is 1. The molecule has 0 aliphatic heterocycles. The third-order valence-electron chi connectivity index (χ3n) is 1.37. The van der Waals surface area contributed by atoms with Crippen molar-refractivity contribution in [2.24, 2.45) is 5.73 Å². The van der Waals surface area contributed by atoms with Gasteiger partial charge in [-0.3, -0.25) is 0 Å². The second-order valence-electron chi connectivity index (χ2n) is 2.77. The summed E-state index contributed by atoms with van der Waals surface area (Å²) in [5.41, 5.74) is 6.50. The van der Waals surface area contributed by atoms with Crippen molar-refractivity contribution in [1.29, 1.82) is 0 Å². The molecule has 5 nitrogen and oxygen atoms in total. The summed E-state index contributed by atoms with van der Waals surface area (Å²) in [6, 6.07) is -1.14. The monoisotopic (exact) mass is 283 g/mol. The van der Waals surface area contributed by atoms with Gasteiger partial charge in [-0.25, -0.2) is 4.79 Å². The Morgan fingerprint density at radius 3 is 1.64 bits per heavy atom. The van der Waals surface area contributed by atoms with E-state index in [1.165, 1.54) is 0 Å². The number of halogens is 4. The number of hydrogen-bond acceptors (Lipinski definition) is 2. The Morgan fingerprint density at radius 1 is 1.29 bits per heavy atom. The van der Waals surface area contributed by atoms with Gasteiger partial charge in [-0.2, -0.15) is 10.2 Å². The van der Waals surface area contributed by atoms with Crippen LogP contribution in [0.1, 0.15) is 13.8 Å². The van der Waals surface area contributed by atoms with E-state index in [-0.39, 0.29) is 0 Å². The van der Waals surface area contributed by atoms with Gasteiger partial charge in [0.1, 0.15) is 0 Å². The number of carbonyl (C=O) groups is 1. The van der Waals surface area contributed by atoms with E-state index in [0.717, 1.165) is 13.8 Å². The lowest BCUT2D eigenvalue weighted by Gasteiger charge is -2.51. The summed E-state index contributed by atoms with van der Waals surface area (Å²) in [6.45, 7) is 2.25. The number of rotatable bonds is 3. The minimum Gasteiger partial charge on any atom is -0.602 e. The van der Waals surface area contributed by atoms with Crippen LogP contribution in [0.4, 0.5) is 4.79 Å². The fraction of sp³-hybridized carbons (Fsp3) is 0.800. The lowest BCUT2D eigenvalue weighted by atomic mass is 10.6. The molecular weight excluding hydrogens is 276 g/mol. The zero-order valence-electron chi connectivity index (χ0n) is 7.35. The zero-order valence-corrected chi connectivity index (χ0v) is 10.4. The largest absolute Gasteiger partial charge is 0.602 e. The molecule has 0 heterocycles. The van der Waals surface area contributed by atoms with E-state index in [2.05, 4.69) is 0 Å². The molecule has 3 N–H and O–H groups in total. The summed E-state index contributed by atoms with van der Waals surface area (Å²) in [6.07, 6.45) is 0. The first kappa shape index (κ1) is 14.3. The van der Waals surface area contributed by atoms with Crippen molar-refractivity contribution in [1.82, 2.24) is 5.43 Å². The highest BCUT2D eigenvalue weighted by Gasteiger charge is 2.52. The Morgan fingerprint density at radius 2 is 1.57 bits per heavy atom. The molecule has 0 bridgehead atoms. The van der Waals surface area contributed by atoms with Gasteiger partial charge >= 0.3 is 6.03 Å². The van der Waals surface area contributed by atoms with Gasteiger partial charge in [0.05, 0.1) is 0 Å². The Hall–Kier alpha value is 0.350. The van der Waals surface area contributed by atoms with Gasteiger partial charge < -0.3 is 10.9 Å². The molecule has 2 amide bonds. The number of alkyl halides is 4. The maximum absolute atomic E-state index is 12.0. The molecule has 0 atom stereocenters. The number of nitrogens with one attached hydrogen (secondary N) is 1. The minimum absolute atomic E-state index is 1.13. The van der Waals surface area contributed by atoms with Crippen molar-refractivity contribution in [3.8, 4) is 0 Å². The van der Waals surface area contributed by atoms with Gasteiger partial charge in [0.25, 0.3) is 8.91 Å². The van der Waals surface area contributed by atoms with Gasteiger partial charge in [0.15, 0.2) is 0 Å². The highest BCUT2D eigenvalue weighted by molar-refractivity contribution is 6.49. The van der Waals surface area contributed by atoms with Crippen LogP contribution in [0.3, 0.4) is 0 Å². The molecule has 0 aromatic rings. The maximum Gasteiger partial charge on any atom is 0.356 e. The van der Waals surface area contributed by atoms with Crippen LogP contribution in [-0.4, -0.2) is 19.7 Å². The number of nitrogens with two attached hydrogens (primary N) is 1. The first-order valence-corrected chi connectivity index (χ1v) is 4.86. The molecule has 0 saturated carbocycles. The van der Waals surface area contributed by atoms with Crippen molar-refractivity contribution < 1.29 is 9.55 Å². The minimum atomic E-state index is -1.98. The topological polar surface area (TPSA) is 78.2 Å². The first-order valence-electron chi connectivity index (χ1n) is 3.35. The second-order valence-corrected chi connectivity index (χ2v) is 6.10. The van der Waals surface area contributed by atoms with Crippen molar-refractivity contribution in [3.05, 3.63) is 5.21 Å². The summed E-state index contributed by atoms with van der Waals surface area (Å²) in [5.74, 6) is 0. The average Bonchev–Trinajstić information content (AvgIpc) is 1.79. The number of amides is 2. The van der Waals surface area contributed by atoms with Gasteiger partial charge in [0.2, 0.25) is 0 Å². The molecule has 0 fully saturated rings. The number of hydrogen-bond donors (Lipinski definition) is 2. The first-order chi connectivity index (χ1) is 5.92. The lowest BCUT2D eigenvalue weighted by molar-refractivity contribution is -0.955. The zero-order chi connectivity index (χ0) is 11.8. The quantitative estimate of drug-likeness (QED) is 0.361. The van der Waals surface area contributed by atoms with Gasteiger partial charge in [-0.15, -0.1) is 0 Å².